The average molecular weight is 308 g/mol. The second-order valence-corrected chi connectivity index (χ2v) is 6.55. The molecule has 1 atom stereocenters. The summed E-state index contributed by atoms with van der Waals surface area (Å²) in [6, 6.07) is 3.03. The molecule has 0 heterocycles. The van der Waals surface area contributed by atoms with Crippen LogP contribution in [-0.4, -0.2) is 14.5 Å². The maximum Gasteiger partial charge on any atom is 0.417 e. The number of hydrogen-bond donors (Lipinski definition) is 2. The van der Waals surface area contributed by atoms with E-state index in [-0.39, 0.29) is 11.7 Å². The third-order valence-corrected chi connectivity index (χ3v) is 4.28. The summed E-state index contributed by atoms with van der Waals surface area (Å²) >= 11 is 0. The van der Waals surface area contributed by atoms with Gasteiger partial charge in [-0.1, -0.05) is 0 Å². The number of primary sulfonamides is 1. The Bertz CT molecular complexity index is 610. The molecule has 8 heteroatoms. The van der Waals surface area contributed by atoms with Crippen LogP contribution in [0.25, 0.3) is 0 Å². The lowest BCUT2D eigenvalue weighted by Gasteiger charge is -2.17. The number of sulfonamides is 1. The molecule has 112 valence electrons. The SMILES string of the molecule is C[C@@H](Nc1ccc(S(N)(=O)=O)c(C(F)(F)F)c1)C1CC1. The van der Waals surface area contributed by atoms with Crippen LogP contribution < -0.4 is 10.5 Å². The van der Waals surface area contributed by atoms with Crippen LogP contribution in [0.3, 0.4) is 0 Å². The van der Waals surface area contributed by atoms with Crippen molar-refractivity contribution in [1.82, 2.24) is 0 Å². The molecule has 0 saturated heterocycles. The number of nitrogens with one attached hydrogen (secondary N) is 1. The second-order valence-electron chi connectivity index (χ2n) is 5.02. The van der Waals surface area contributed by atoms with E-state index in [0.29, 0.717) is 5.92 Å². The highest BCUT2D eigenvalue weighted by atomic mass is 32.2. The summed E-state index contributed by atoms with van der Waals surface area (Å²) in [7, 11) is -4.41. The Morgan fingerprint density at radius 3 is 2.40 bits per heavy atom. The predicted octanol–water partition coefficient (Wildman–Crippen LogP) is 2.56. The van der Waals surface area contributed by atoms with Gasteiger partial charge >= 0.3 is 6.18 Å². The maximum atomic E-state index is 12.9. The lowest BCUT2D eigenvalue weighted by Crippen LogP contribution is -2.21. The summed E-state index contributed by atoms with van der Waals surface area (Å²) in [5.74, 6) is 0.460. The van der Waals surface area contributed by atoms with Gasteiger partial charge < -0.3 is 5.32 Å². The van der Waals surface area contributed by atoms with E-state index in [4.69, 9.17) is 5.14 Å². The van der Waals surface area contributed by atoms with Gasteiger partial charge in [-0.2, -0.15) is 13.2 Å². The lowest BCUT2D eigenvalue weighted by atomic mass is 10.1. The molecule has 0 aromatic heterocycles. The molecule has 1 aromatic rings. The van der Waals surface area contributed by atoms with E-state index in [1.807, 2.05) is 6.92 Å². The van der Waals surface area contributed by atoms with Crippen molar-refractivity contribution in [2.45, 2.75) is 36.9 Å². The molecule has 0 aliphatic heterocycles. The van der Waals surface area contributed by atoms with E-state index in [1.165, 1.54) is 6.07 Å². The molecule has 3 N–H and O–H groups in total. The number of hydrogen-bond acceptors (Lipinski definition) is 3. The van der Waals surface area contributed by atoms with Gasteiger partial charge in [-0.05, 0) is 43.9 Å². The third kappa shape index (κ3) is 3.43. The van der Waals surface area contributed by atoms with Crippen molar-refractivity contribution in [3.63, 3.8) is 0 Å². The van der Waals surface area contributed by atoms with Crippen molar-refractivity contribution >= 4 is 15.7 Å². The van der Waals surface area contributed by atoms with Gasteiger partial charge in [-0.3, -0.25) is 0 Å². The van der Waals surface area contributed by atoms with E-state index < -0.39 is 26.7 Å². The molecule has 0 unspecified atom stereocenters. The standard InChI is InChI=1S/C12H15F3N2O2S/c1-7(8-2-3-8)17-9-4-5-11(20(16,18)19)10(6-9)12(13,14)15/h4-8,17H,2-3H2,1H3,(H2,16,18,19)/t7-/m1/s1. The lowest BCUT2D eigenvalue weighted by molar-refractivity contribution is -0.139. The summed E-state index contributed by atoms with van der Waals surface area (Å²) in [5, 5.41) is 7.77. The molecule has 0 bridgehead atoms. The molecule has 0 radical (unpaired) electrons. The molecule has 20 heavy (non-hydrogen) atoms. The predicted molar refractivity (Wildman–Crippen MR) is 68.6 cm³/mol. The quantitative estimate of drug-likeness (QED) is 0.898. The monoisotopic (exact) mass is 308 g/mol. The number of halogens is 3. The van der Waals surface area contributed by atoms with E-state index in [1.54, 1.807) is 0 Å². The van der Waals surface area contributed by atoms with Crippen LogP contribution in [0.1, 0.15) is 25.3 Å². The largest absolute Gasteiger partial charge is 0.417 e. The first-order valence-electron chi connectivity index (χ1n) is 6.09. The fourth-order valence-corrected chi connectivity index (χ4v) is 2.81. The van der Waals surface area contributed by atoms with Gasteiger partial charge in [0.2, 0.25) is 10.0 Å². The molecule has 4 nitrogen and oxygen atoms in total. The summed E-state index contributed by atoms with van der Waals surface area (Å²) in [6.07, 6.45) is -2.67. The number of nitrogens with two attached hydrogens (primary N) is 1. The van der Waals surface area contributed by atoms with Crippen LogP contribution in [0.2, 0.25) is 0 Å². The van der Waals surface area contributed by atoms with Crippen molar-refractivity contribution in [1.29, 1.82) is 0 Å². The smallest absolute Gasteiger partial charge is 0.382 e. The molecule has 1 saturated carbocycles. The van der Waals surface area contributed by atoms with Crippen molar-refractivity contribution < 1.29 is 21.6 Å². The Labute approximate surface area is 115 Å². The van der Waals surface area contributed by atoms with Gasteiger partial charge in [0.15, 0.2) is 0 Å². The van der Waals surface area contributed by atoms with Gasteiger partial charge in [-0.25, -0.2) is 13.6 Å². The molecular formula is C12H15F3N2O2S. The molecule has 2 rings (SSSR count). The Balaban J connectivity index is 2.38. The molecule has 1 aliphatic rings. The Morgan fingerprint density at radius 2 is 1.95 bits per heavy atom. The highest BCUT2D eigenvalue weighted by Gasteiger charge is 2.37. The summed E-state index contributed by atoms with van der Waals surface area (Å²) in [6.45, 7) is 1.89. The number of rotatable bonds is 4. The molecule has 1 fully saturated rings. The fourth-order valence-electron chi connectivity index (χ4n) is 2.07. The first-order valence-corrected chi connectivity index (χ1v) is 7.64. The topological polar surface area (TPSA) is 72.2 Å². The highest BCUT2D eigenvalue weighted by Crippen LogP contribution is 2.37. The number of anilines is 1. The van der Waals surface area contributed by atoms with E-state index >= 15 is 0 Å². The second kappa shape index (κ2) is 4.92. The molecule has 1 aromatic carbocycles. The van der Waals surface area contributed by atoms with E-state index in [0.717, 1.165) is 25.0 Å². The minimum absolute atomic E-state index is 0.0522. The molecule has 0 amide bonds. The third-order valence-electron chi connectivity index (χ3n) is 3.31. The first-order chi connectivity index (χ1) is 9.09. The Kier molecular flexibility index (Phi) is 3.72. The average Bonchev–Trinajstić information content (AvgIpc) is 3.09. The van der Waals surface area contributed by atoms with Crippen molar-refractivity contribution in [3.8, 4) is 0 Å². The number of benzene rings is 1. The highest BCUT2D eigenvalue weighted by molar-refractivity contribution is 7.89. The van der Waals surface area contributed by atoms with Crippen LogP contribution in [0.5, 0.6) is 0 Å². The zero-order valence-electron chi connectivity index (χ0n) is 10.7. The summed E-state index contributed by atoms with van der Waals surface area (Å²) < 4.78 is 61.2. The normalized spacial score (nSPS) is 17.9. The van der Waals surface area contributed by atoms with Crippen LogP contribution in [0.15, 0.2) is 23.1 Å². The van der Waals surface area contributed by atoms with Gasteiger partial charge in [0.1, 0.15) is 0 Å². The zero-order chi connectivity index (χ0) is 15.1. The van der Waals surface area contributed by atoms with Crippen LogP contribution >= 0.6 is 0 Å². The van der Waals surface area contributed by atoms with Gasteiger partial charge in [0, 0.05) is 11.7 Å². The minimum atomic E-state index is -4.78. The van der Waals surface area contributed by atoms with Crippen LogP contribution in [0.4, 0.5) is 18.9 Å². The minimum Gasteiger partial charge on any atom is -0.382 e. The molecule has 0 spiro atoms. The first kappa shape index (κ1) is 15.1. The van der Waals surface area contributed by atoms with E-state index in [2.05, 4.69) is 5.32 Å². The maximum absolute atomic E-state index is 12.9. The summed E-state index contributed by atoms with van der Waals surface area (Å²) in [5.41, 5.74) is -1.00. The van der Waals surface area contributed by atoms with Crippen LogP contribution in [-0.2, 0) is 16.2 Å². The Morgan fingerprint density at radius 1 is 1.35 bits per heavy atom. The van der Waals surface area contributed by atoms with Crippen LogP contribution in [0, 0.1) is 5.92 Å². The zero-order valence-corrected chi connectivity index (χ0v) is 11.6. The van der Waals surface area contributed by atoms with Crippen molar-refractivity contribution in [3.05, 3.63) is 23.8 Å². The summed E-state index contributed by atoms with van der Waals surface area (Å²) in [4.78, 5) is -0.908. The Hall–Kier alpha value is -1.28. The van der Waals surface area contributed by atoms with Gasteiger partial charge in [-0.15, -0.1) is 0 Å². The molecular weight excluding hydrogens is 293 g/mol. The van der Waals surface area contributed by atoms with E-state index in [9.17, 15) is 21.6 Å². The fraction of sp³-hybridized carbons (Fsp3) is 0.500. The van der Waals surface area contributed by atoms with Crippen molar-refractivity contribution in [2.24, 2.45) is 11.1 Å². The number of alkyl halides is 3. The van der Waals surface area contributed by atoms with Crippen molar-refractivity contribution in [2.75, 3.05) is 5.32 Å². The van der Waals surface area contributed by atoms with Gasteiger partial charge in [0.05, 0.1) is 10.5 Å². The molecule has 1 aliphatic carbocycles. The van der Waals surface area contributed by atoms with Gasteiger partial charge in [0.25, 0.3) is 0 Å².